The van der Waals surface area contributed by atoms with E-state index in [-0.39, 0.29) is 22.8 Å². The van der Waals surface area contributed by atoms with Crippen LogP contribution in [0.25, 0.3) is 0 Å². The monoisotopic (exact) mass is 446 g/mol. The van der Waals surface area contributed by atoms with Crippen molar-refractivity contribution in [3.05, 3.63) is 58.6 Å². The fraction of sp³-hybridized carbons (Fsp3) is 0.348. The van der Waals surface area contributed by atoms with Gasteiger partial charge in [0.25, 0.3) is 5.91 Å². The predicted octanol–water partition coefficient (Wildman–Crippen LogP) is 4.63. The number of alkyl carbamates (subject to hydrolysis) is 1. The minimum Gasteiger partial charge on any atom is -0.497 e. The van der Waals surface area contributed by atoms with Crippen LogP contribution >= 0.6 is 11.6 Å². The molecule has 0 aliphatic heterocycles. The van der Waals surface area contributed by atoms with Gasteiger partial charge < -0.3 is 20.1 Å². The normalized spacial score (nSPS) is 11.9. The lowest BCUT2D eigenvalue weighted by atomic mass is 9.99. The number of rotatable bonds is 7. The summed E-state index contributed by atoms with van der Waals surface area (Å²) < 4.78 is 10.3. The predicted molar refractivity (Wildman–Crippen MR) is 120 cm³/mol. The van der Waals surface area contributed by atoms with Crippen molar-refractivity contribution >= 4 is 35.1 Å². The van der Waals surface area contributed by atoms with Gasteiger partial charge in [-0.3, -0.25) is 9.59 Å². The highest BCUT2D eigenvalue weighted by Crippen LogP contribution is 2.23. The lowest BCUT2D eigenvalue weighted by Gasteiger charge is -2.21. The zero-order valence-electron chi connectivity index (χ0n) is 18.2. The van der Waals surface area contributed by atoms with Gasteiger partial charge in [-0.05, 0) is 63.6 Å². The fourth-order valence-corrected chi connectivity index (χ4v) is 3.02. The number of Topliss-reactive ketones (excluding diaryl/α,β-unsaturated/α-hetero) is 1. The lowest BCUT2D eigenvalue weighted by molar-refractivity contribution is -0.120. The molecule has 1 atom stereocenters. The molecule has 166 valence electrons. The number of ether oxygens (including phenoxy) is 2. The molecule has 0 spiro atoms. The Morgan fingerprint density at radius 2 is 1.71 bits per heavy atom. The zero-order valence-corrected chi connectivity index (χ0v) is 19.0. The van der Waals surface area contributed by atoms with Crippen molar-refractivity contribution in [3.8, 4) is 5.75 Å². The number of hydrogen-bond donors (Lipinski definition) is 2. The van der Waals surface area contributed by atoms with Crippen molar-refractivity contribution in [2.45, 2.75) is 45.8 Å². The third-order valence-electron chi connectivity index (χ3n) is 4.26. The smallest absolute Gasteiger partial charge is 0.408 e. The number of halogens is 1. The van der Waals surface area contributed by atoms with E-state index >= 15 is 0 Å². The molecule has 0 saturated heterocycles. The highest BCUT2D eigenvalue weighted by molar-refractivity contribution is 6.34. The molecule has 0 aliphatic carbocycles. The standard InChI is InChI=1S/C23H27ClN2O5/c1-14(25-22(29)31-23(2,3)4)19(27)13-15-7-6-8-18(24)20(15)21(28)26-16-9-11-17(30-5)12-10-16/h6-12,14H,13H2,1-5H3,(H,25,29)(H,26,28)/t14-/m0/s1. The molecule has 2 amide bonds. The number of nitrogens with one attached hydrogen (secondary N) is 2. The number of hydrogen-bond acceptors (Lipinski definition) is 5. The molecule has 0 aliphatic rings. The third-order valence-corrected chi connectivity index (χ3v) is 4.57. The quantitative estimate of drug-likeness (QED) is 0.646. The summed E-state index contributed by atoms with van der Waals surface area (Å²) >= 11 is 6.28. The summed E-state index contributed by atoms with van der Waals surface area (Å²) in [4.78, 5) is 37.5. The van der Waals surface area contributed by atoms with E-state index in [2.05, 4.69) is 10.6 Å². The van der Waals surface area contributed by atoms with Crippen molar-refractivity contribution in [3.63, 3.8) is 0 Å². The summed E-state index contributed by atoms with van der Waals surface area (Å²) in [7, 11) is 1.55. The highest BCUT2D eigenvalue weighted by atomic mass is 35.5. The molecule has 0 bridgehead atoms. The topological polar surface area (TPSA) is 93.7 Å². The summed E-state index contributed by atoms with van der Waals surface area (Å²) in [6, 6.07) is 10.9. The van der Waals surface area contributed by atoms with E-state index in [0.29, 0.717) is 17.0 Å². The molecule has 0 aromatic heterocycles. The highest BCUT2D eigenvalue weighted by Gasteiger charge is 2.23. The molecule has 7 nitrogen and oxygen atoms in total. The second-order valence-corrected chi connectivity index (χ2v) is 8.37. The van der Waals surface area contributed by atoms with Crippen LogP contribution in [-0.2, 0) is 16.0 Å². The third kappa shape index (κ3) is 7.29. The lowest BCUT2D eigenvalue weighted by Crippen LogP contribution is -2.42. The van der Waals surface area contributed by atoms with Gasteiger partial charge in [0, 0.05) is 12.1 Å². The molecule has 2 rings (SSSR count). The number of carbonyl (C=O) groups is 3. The Morgan fingerprint density at radius 3 is 2.29 bits per heavy atom. The Balaban J connectivity index is 2.13. The van der Waals surface area contributed by atoms with Crippen LogP contribution < -0.4 is 15.4 Å². The van der Waals surface area contributed by atoms with E-state index < -0.39 is 23.6 Å². The molecule has 0 unspecified atom stereocenters. The molecule has 0 saturated carbocycles. The van der Waals surface area contributed by atoms with E-state index in [1.807, 2.05) is 0 Å². The molecule has 8 heteroatoms. The van der Waals surface area contributed by atoms with Crippen LogP contribution in [-0.4, -0.2) is 36.5 Å². The first-order chi connectivity index (χ1) is 14.5. The average Bonchev–Trinajstić information content (AvgIpc) is 2.67. The first-order valence-corrected chi connectivity index (χ1v) is 10.1. The van der Waals surface area contributed by atoms with E-state index in [9.17, 15) is 14.4 Å². The number of methoxy groups -OCH3 is 1. The Kier molecular flexibility index (Phi) is 8.05. The summed E-state index contributed by atoms with van der Waals surface area (Å²) in [5.74, 6) is -0.0635. The molecule has 2 N–H and O–H groups in total. The molecular weight excluding hydrogens is 420 g/mol. The molecular formula is C23H27ClN2O5. The van der Waals surface area contributed by atoms with Crippen molar-refractivity contribution in [2.75, 3.05) is 12.4 Å². The minimum absolute atomic E-state index is 0.0805. The molecule has 31 heavy (non-hydrogen) atoms. The largest absolute Gasteiger partial charge is 0.497 e. The second kappa shape index (κ2) is 10.3. The van der Waals surface area contributed by atoms with Crippen molar-refractivity contribution in [2.24, 2.45) is 0 Å². The van der Waals surface area contributed by atoms with Crippen LogP contribution in [0.1, 0.15) is 43.6 Å². The number of benzene rings is 2. The maximum Gasteiger partial charge on any atom is 0.408 e. The van der Waals surface area contributed by atoms with Crippen molar-refractivity contribution < 1.29 is 23.9 Å². The van der Waals surface area contributed by atoms with Crippen LogP contribution in [0, 0.1) is 0 Å². The van der Waals surface area contributed by atoms with Gasteiger partial charge >= 0.3 is 6.09 Å². The molecule has 0 fully saturated rings. The number of ketones is 1. The van der Waals surface area contributed by atoms with Crippen LogP contribution in [0.3, 0.4) is 0 Å². The van der Waals surface area contributed by atoms with E-state index in [1.54, 1.807) is 77.3 Å². The molecule has 2 aromatic rings. The van der Waals surface area contributed by atoms with E-state index in [1.165, 1.54) is 0 Å². The van der Waals surface area contributed by atoms with Crippen LogP contribution in [0.5, 0.6) is 5.75 Å². The van der Waals surface area contributed by atoms with Gasteiger partial charge in [-0.1, -0.05) is 23.7 Å². The van der Waals surface area contributed by atoms with Gasteiger partial charge in [-0.2, -0.15) is 0 Å². The van der Waals surface area contributed by atoms with Crippen molar-refractivity contribution in [1.82, 2.24) is 5.32 Å². The van der Waals surface area contributed by atoms with E-state index in [4.69, 9.17) is 21.1 Å². The summed E-state index contributed by atoms with van der Waals surface area (Å²) in [5, 5.41) is 5.51. The van der Waals surface area contributed by atoms with E-state index in [0.717, 1.165) is 0 Å². The minimum atomic E-state index is -0.800. The first-order valence-electron chi connectivity index (χ1n) is 9.75. The average molecular weight is 447 g/mol. The van der Waals surface area contributed by atoms with Gasteiger partial charge in [0.05, 0.1) is 23.7 Å². The van der Waals surface area contributed by atoms with Crippen LogP contribution in [0.15, 0.2) is 42.5 Å². The second-order valence-electron chi connectivity index (χ2n) is 7.97. The zero-order chi connectivity index (χ0) is 23.2. The number of anilines is 1. The summed E-state index contributed by atoms with van der Waals surface area (Å²) in [6.07, 6.45) is -0.764. The van der Waals surface area contributed by atoms with Crippen LogP contribution in [0.2, 0.25) is 5.02 Å². The Bertz CT molecular complexity index is 951. The maximum atomic E-state index is 12.9. The molecule has 0 heterocycles. The first kappa shape index (κ1) is 24.2. The van der Waals surface area contributed by atoms with Gasteiger partial charge in [0.1, 0.15) is 11.4 Å². The molecule has 2 aromatic carbocycles. The van der Waals surface area contributed by atoms with Gasteiger partial charge in [-0.25, -0.2) is 4.79 Å². The summed E-state index contributed by atoms with van der Waals surface area (Å²) in [6.45, 7) is 6.77. The maximum absolute atomic E-state index is 12.9. The van der Waals surface area contributed by atoms with Gasteiger partial charge in [0.2, 0.25) is 0 Å². The Hall–Kier alpha value is -3.06. The molecule has 0 radical (unpaired) electrons. The van der Waals surface area contributed by atoms with Crippen molar-refractivity contribution in [1.29, 1.82) is 0 Å². The summed E-state index contributed by atoms with van der Waals surface area (Å²) in [5.41, 5.74) is 0.550. The van der Waals surface area contributed by atoms with Gasteiger partial charge in [-0.15, -0.1) is 0 Å². The van der Waals surface area contributed by atoms with Gasteiger partial charge in [0.15, 0.2) is 5.78 Å². The number of carbonyl (C=O) groups excluding carboxylic acids is 3. The van der Waals surface area contributed by atoms with Crippen LogP contribution in [0.4, 0.5) is 10.5 Å². The fourth-order valence-electron chi connectivity index (χ4n) is 2.74. The number of amides is 2. The SMILES string of the molecule is COc1ccc(NC(=O)c2c(Cl)cccc2CC(=O)[C@H](C)NC(=O)OC(C)(C)C)cc1. The Labute approximate surface area is 187 Å². The Morgan fingerprint density at radius 1 is 1.06 bits per heavy atom.